The van der Waals surface area contributed by atoms with Crippen LogP contribution in [0.5, 0.6) is 0 Å². The molecule has 0 N–H and O–H groups in total. The lowest BCUT2D eigenvalue weighted by Crippen LogP contribution is -2.34. The molecular formula is C24H22FNO2. The van der Waals surface area contributed by atoms with Crippen LogP contribution in [0.2, 0.25) is 0 Å². The smallest absolute Gasteiger partial charge is 0.255 e. The molecule has 0 aromatic heterocycles. The molecule has 0 amide bonds. The van der Waals surface area contributed by atoms with Gasteiger partial charge < -0.3 is 9.57 Å². The molecule has 3 nitrogen and oxygen atoms in total. The first-order chi connectivity index (χ1) is 13.7. The van der Waals surface area contributed by atoms with Crippen LogP contribution in [0.25, 0.3) is 0 Å². The minimum Gasteiger partial charge on any atom is -0.440 e. The molecule has 28 heavy (non-hydrogen) atoms. The minimum atomic E-state index is -1.90. The van der Waals surface area contributed by atoms with Gasteiger partial charge in [-0.2, -0.15) is 4.39 Å². The van der Waals surface area contributed by atoms with Crippen molar-refractivity contribution >= 4 is 5.90 Å². The Hall–Kier alpha value is -3.14. The third-order valence-corrected chi connectivity index (χ3v) is 5.19. The summed E-state index contributed by atoms with van der Waals surface area (Å²) in [7, 11) is 1.45. The predicted octanol–water partition coefficient (Wildman–Crippen LogP) is 5.26. The van der Waals surface area contributed by atoms with E-state index >= 15 is 4.39 Å². The Labute approximate surface area is 164 Å². The Morgan fingerprint density at radius 3 is 1.86 bits per heavy atom. The van der Waals surface area contributed by atoms with E-state index in [1.165, 1.54) is 7.11 Å². The number of rotatable bonds is 5. The van der Waals surface area contributed by atoms with Gasteiger partial charge in [-0.25, -0.2) is 0 Å². The molecule has 1 aliphatic rings. The van der Waals surface area contributed by atoms with E-state index in [2.05, 4.69) is 5.16 Å². The van der Waals surface area contributed by atoms with Crippen molar-refractivity contribution in [2.24, 2.45) is 5.16 Å². The highest BCUT2D eigenvalue weighted by Gasteiger charge is 2.58. The molecule has 0 bridgehead atoms. The molecule has 0 radical (unpaired) electrons. The number of hydrogen-bond donors (Lipinski definition) is 0. The van der Waals surface area contributed by atoms with Crippen LogP contribution in [0.3, 0.4) is 0 Å². The Morgan fingerprint density at radius 2 is 1.36 bits per heavy atom. The van der Waals surface area contributed by atoms with Crippen LogP contribution in [0.4, 0.5) is 4.39 Å². The minimum absolute atomic E-state index is 0.116. The van der Waals surface area contributed by atoms with Crippen LogP contribution in [-0.4, -0.2) is 18.9 Å². The Kier molecular flexibility index (Phi) is 4.86. The molecule has 1 atom stereocenters. The molecule has 0 aliphatic carbocycles. The first kappa shape index (κ1) is 18.2. The second-order valence-electron chi connectivity index (χ2n) is 7.04. The molecule has 4 rings (SSSR count). The van der Waals surface area contributed by atoms with E-state index in [-0.39, 0.29) is 18.7 Å². The van der Waals surface area contributed by atoms with Gasteiger partial charge in [0.1, 0.15) is 12.5 Å². The van der Waals surface area contributed by atoms with Crippen LogP contribution in [0, 0.1) is 0 Å². The number of alkyl halides is 1. The number of benzene rings is 3. The topological polar surface area (TPSA) is 30.8 Å². The van der Waals surface area contributed by atoms with E-state index in [0.29, 0.717) is 0 Å². The number of hydrogen-bond acceptors (Lipinski definition) is 3. The van der Waals surface area contributed by atoms with Gasteiger partial charge in [-0.15, -0.1) is 0 Å². The summed E-state index contributed by atoms with van der Waals surface area (Å²) in [6, 6.07) is 29.1. The summed E-state index contributed by atoms with van der Waals surface area (Å²) in [6.45, 7) is 0. The molecule has 1 fully saturated rings. The largest absolute Gasteiger partial charge is 0.440 e. The van der Waals surface area contributed by atoms with E-state index in [1.807, 2.05) is 91.0 Å². The van der Waals surface area contributed by atoms with Gasteiger partial charge in [0.25, 0.3) is 5.85 Å². The third kappa shape index (κ3) is 3.26. The molecule has 3 aromatic rings. The molecule has 1 unspecified atom stereocenters. The van der Waals surface area contributed by atoms with E-state index in [1.54, 1.807) is 0 Å². The van der Waals surface area contributed by atoms with Crippen LogP contribution in [-0.2, 0) is 21.4 Å². The second-order valence-corrected chi connectivity index (χ2v) is 7.04. The number of ether oxygens (including phenoxy) is 1. The van der Waals surface area contributed by atoms with Gasteiger partial charge in [0.05, 0.1) is 0 Å². The van der Waals surface area contributed by atoms with E-state index in [9.17, 15) is 0 Å². The molecule has 142 valence electrons. The van der Waals surface area contributed by atoms with Crippen molar-refractivity contribution in [1.82, 2.24) is 0 Å². The molecule has 3 aromatic carbocycles. The van der Waals surface area contributed by atoms with Crippen LogP contribution in [0.15, 0.2) is 96.2 Å². The van der Waals surface area contributed by atoms with Gasteiger partial charge in [-0.05, 0) is 16.7 Å². The fraction of sp³-hybridized carbons (Fsp3) is 0.208. The molecule has 1 heterocycles. The second kappa shape index (κ2) is 7.47. The zero-order valence-electron chi connectivity index (χ0n) is 15.7. The molecule has 0 saturated carbocycles. The third-order valence-electron chi connectivity index (χ3n) is 5.19. The Bertz CT molecular complexity index is 905. The summed E-state index contributed by atoms with van der Waals surface area (Å²) in [6.07, 6.45) is 0.253. The van der Waals surface area contributed by atoms with E-state index in [4.69, 9.17) is 9.57 Å². The van der Waals surface area contributed by atoms with Gasteiger partial charge in [0.15, 0.2) is 0 Å². The quantitative estimate of drug-likeness (QED) is 0.570. The summed E-state index contributed by atoms with van der Waals surface area (Å²) in [4.78, 5) is 5.06. The molecular weight excluding hydrogens is 353 g/mol. The number of nitrogens with zero attached hydrogens (tertiary/aromatic N) is 1. The summed E-state index contributed by atoms with van der Waals surface area (Å²) < 4.78 is 22.0. The maximum atomic E-state index is 16.1. The van der Waals surface area contributed by atoms with Crippen molar-refractivity contribution in [2.75, 3.05) is 7.11 Å². The van der Waals surface area contributed by atoms with Crippen molar-refractivity contribution < 1.29 is 14.0 Å². The fourth-order valence-corrected chi connectivity index (χ4v) is 4.01. The molecule has 1 aliphatic heterocycles. The first-order valence-corrected chi connectivity index (χ1v) is 9.31. The molecule has 1 saturated heterocycles. The maximum Gasteiger partial charge on any atom is 0.255 e. The maximum absolute atomic E-state index is 16.1. The van der Waals surface area contributed by atoms with Gasteiger partial charge in [-0.1, -0.05) is 96.2 Å². The van der Waals surface area contributed by atoms with Gasteiger partial charge in [0, 0.05) is 12.8 Å². The van der Waals surface area contributed by atoms with E-state index in [0.717, 1.165) is 16.7 Å². The first-order valence-electron chi connectivity index (χ1n) is 9.31. The van der Waals surface area contributed by atoms with Crippen molar-refractivity contribution in [3.63, 3.8) is 0 Å². The van der Waals surface area contributed by atoms with Crippen LogP contribution < -0.4 is 0 Å². The average Bonchev–Trinajstić information content (AvgIpc) is 3.03. The summed E-state index contributed by atoms with van der Waals surface area (Å²) in [5.74, 6) is -1.66. The fourth-order valence-electron chi connectivity index (χ4n) is 4.01. The van der Waals surface area contributed by atoms with Gasteiger partial charge in [-0.3, -0.25) is 0 Å². The van der Waals surface area contributed by atoms with Gasteiger partial charge in [0.2, 0.25) is 5.90 Å². The molecule has 0 spiro atoms. The highest BCUT2D eigenvalue weighted by molar-refractivity contribution is 5.94. The standard InChI is InChI=1S/C24H22FNO2/c1-27-26-22-24(20-13-7-3-8-14-20,21-15-9-4-10-16-21)18-23(25,28-22)17-19-11-5-2-6-12-19/h2-16H,17-18H2,1H3/b26-22+. The number of oxime groups is 1. The lowest BCUT2D eigenvalue weighted by Gasteiger charge is -2.28. The lowest BCUT2D eigenvalue weighted by molar-refractivity contribution is -0.0577. The van der Waals surface area contributed by atoms with Crippen molar-refractivity contribution in [1.29, 1.82) is 0 Å². The zero-order chi connectivity index (χ0) is 19.5. The van der Waals surface area contributed by atoms with Crippen LogP contribution >= 0.6 is 0 Å². The average molecular weight is 375 g/mol. The summed E-state index contributed by atoms with van der Waals surface area (Å²) in [5.41, 5.74) is 1.86. The zero-order valence-corrected chi connectivity index (χ0v) is 15.7. The highest BCUT2D eigenvalue weighted by atomic mass is 19.2. The van der Waals surface area contributed by atoms with Crippen LogP contribution in [0.1, 0.15) is 23.1 Å². The highest BCUT2D eigenvalue weighted by Crippen LogP contribution is 2.50. The SMILES string of the molecule is CO/N=C1/OC(F)(Cc2ccccc2)CC1(c1ccccc1)c1ccccc1. The summed E-state index contributed by atoms with van der Waals surface area (Å²) in [5, 5.41) is 4.12. The lowest BCUT2D eigenvalue weighted by atomic mass is 9.71. The van der Waals surface area contributed by atoms with Crippen molar-refractivity contribution in [3.8, 4) is 0 Å². The normalized spacial score (nSPS) is 22.0. The van der Waals surface area contributed by atoms with Crippen molar-refractivity contribution in [2.45, 2.75) is 24.1 Å². The Balaban J connectivity index is 1.85. The summed E-state index contributed by atoms with van der Waals surface area (Å²) >= 11 is 0. The monoisotopic (exact) mass is 375 g/mol. The van der Waals surface area contributed by atoms with Crippen molar-refractivity contribution in [3.05, 3.63) is 108 Å². The number of halogens is 1. The van der Waals surface area contributed by atoms with E-state index < -0.39 is 11.3 Å². The predicted molar refractivity (Wildman–Crippen MR) is 108 cm³/mol. The molecule has 4 heteroatoms. The van der Waals surface area contributed by atoms with Gasteiger partial charge >= 0.3 is 0 Å². The Morgan fingerprint density at radius 1 is 0.857 bits per heavy atom.